The van der Waals surface area contributed by atoms with Crippen LogP contribution in [0.2, 0.25) is 0 Å². The molecule has 1 N–H and O–H groups in total. The number of fused-ring (bicyclic) bond motifs is 2. The molecular weight excluding hydrogens is 416 g/mol. The van der Waals surface area contributed by atoms with Gasteiger partial charge in [-0.3, -0.25) is 4.79 Å². The van der Waals surface area contributed by atoms with Crippen molar-refractivity contribution < 1.29 is 22.0 Å². The summed E-state index contributed by atoms with van der Waals surface area (Å²) in [7, 11) is 0. The van der Waals surface area contributed by atoms with Gasteiger partial charge in [-0.05, 0) is 43.9 Å². The first-order valence-electron chi connectivity index (χ1n) is 9.71. The van der Waals surface area contributed by atoms with Gasteiger partial charge >= 0.3 is 6.18 Å². The van der Waals surface area contributed by atoms with Crippen molar-refractivity contribution in [2.24, 2.45) is 0 Å². The van der Waals surface area contributed by atoms with E-state index in [0.29, 0.717) is 16.7 Å². The summed E-state index contributed by atoms with van der Waals surface area (Å²) in [5.74, 6) is 0.0481. The van der Waals surface area contributed by atoms with Gasteiger partial charge in [0, 0.05) is 12.1 Å². The van der Waals surface area contributed by atoms with Gasteiger partial charge in [0.25, 0.3) is 5.56 Å². The Labute approximate surface area is 172 Å². The van der Waals surface area contributed by atoms with Crippen LogP contribution in [0.3, 0.4) is 0 Å². The molecule has 160 valence electrons. The predicted octanol–water partition coefficient (Wildman–Crippen LogP) is 4.69. The zero-order valence-electron chi connectivity index (χ0n) is 16.3. The van der Waals surface area contributed by atoms with Crippen molar-refractivity contribution in [2.45, 2.75) is 38.8 Å². The SMILES string of the molecule is Cc1[nH]c2c(-c3cccc(F)c3)c(C(F)(F)F)nn2c(=O)c1-c1nc2c(o1)CCCC2. The van der Waals surface area contributed by atoms with Gasteiger partial charge in [0.1, 0.15) is 22.8 Å². The van der Waals surface area contributed by atoms with Crippen LogP contribution in [0, 0.1) is 12.7 Å². The molecule has 5 rings (SSSR count). The molecule has 1 aromatic carbocycles. The van der Waals surface area contributed by atoms with Crippen LogP contribution in [-0.4, -0.2) is 19.6 Å². The molecule has 4 aromatic rings. The lowest BCUT2D eigenvalue weighted by Crippen LogP contribution is -2.20. The van der Waals surface area contributed by atoms with Crippen LogP contribution in [0.4, 0.5) is 17.6 Å². The van der Waals surface area contributed by atoms with E-state index in [2.05, 4.69) is 15.1 Å². The van der Waals surface area contributed by atoms with Crippen LogP contribution in [0.1, 0.15) is 35.7 Å². The summed E-state index contributed by atoms with van der Waals surface area (Å²) in [6.45, 7) is 1.55. The number of nitrogens with zero attached hydrogens (tertiary/aromatic N) is 3. The van der Waals surface area contributed by atoms with Crippen LogP contribution in [-0.2, 0) is 19.0 Å². The fraction of sp³-hybridized carbons (Fsp3) is 0.286. The quantitative estimate of drug-likeness (QED) is 0.467. The molecule has 31 heavy (non-hydrogen) atoms. The molecule has 1 aliphatic carbocycles. The van der Waals surface area contributed by atoms with Crippen LogP contribution < -0.4 is 5.56 Å². The van der Waals surface area contributed by atoms with Crippen molar-refractivity contribution in [3.05, 3.63) is 63.3 Å². The zero-order chi connectivity index (χ0) is 21.9. The first-order valence-corrected chi connectivity index (χ1v) is 9.71. The maximum absolute atomic E-state index is 13.8. The lowest BCUT2D eigenvalue weighted by Gasteiger charge is -2.07. The number of benzene rings is 1. The van der Waals surface area contributed by atoms with Crippen LogP contribution in [0.5, 0.6) is 0 Å². The summed E-state index contributed by atoms with van der Waals surface area (Å²) >= 11 is 0. The van der Waals surface area contributed by atoms with E-state index in [1.165, 1.54) is 12.1 Å². The number of oxazole rings is 1. The van der Waals surface area contributed by atoms with E-state index in [4.69, 9.17) is 4.42 Å². The Bertz CT molecular complexity index is 1360. The molecule has 0 atom stereocenters. The van der Waals surface area contributed by atoms with Crippen LogP contribution >= 0.6 is 0 Å². The summed E-state index contributed by atoms with van der Waals surface area (Å²) in [6.07, 6.45) is -1.53. The molecule has 0 unspecified atom stereocenters. The van der Waals surface area contributed by atoms with Crippen molar-refractivity contribution in [1.29, 1.82) is 0 Å². The number of rotatable bonds is 2. The fourth-order valence-electron chi connectivity index (χ4n) is 4.01. The molecule has 0 amide bonds. The summed E-state index contributed by atoms with van der Waals surface area (Å²) in [6, 6.07) is 4.72. The first-order chi connectivity index (χ1) is 14.7. The number of aryl methyl sites for hydroxylation is 3. The average Bonchev–Trinajstić information content (AvgIpc) is 3.29. The molecule has 0 saturated heterocycles. The molecule has 10 heteroatoms. The van der Waals surface area contributed by atoms with Gasteiger partial charge in [-0.2, -0.15) is 22.8 Å². The highest BCUT2D eigenvalue weighted by atomic mass is 19.4. The topological polar surface area (TPSA) is 76.2 Å². The van der Waals surface area contributed by atoms with E-state index in [1.807, 2.05) is 0 Å². The minimum atomic E-state index is -4.86. The van der Waals surface area contributed by atoms with E-state index in [-0.39, 0.29) is 28.4 Å². The largest absolute Gasteiger partial charge is 0.441 e. The average molecular weight is 432 g/mol. The maximum Gasteiger partial charge on any atom is 0.435 e. The second-order valence-corrected chi connectivity index (χ2v) is 7.52. The Kier molecular flexibility index (Phi) is 4.28. The lowest BCUT2D eigenvalue weighted by molar-refractivity contribution is -0.140. The van der Waals surface area contributed by atoms with Crippen molar-refractivity contribution in [2.75, 3.05) is 0 Å². The molecule has 0 radical (unpaired) electrons. The number of halogens is 4. The molecule has 1 aliphatic rings. The summed E-state index contributed by atoms with van der Waals surface area (Å²) in [5, 5.41) is 3.55. The Balaban J connectivity index is 1.80. The highest BCUT2D eigenvalue weighted by Crippen LogP contribution is 2.38. The van der Waals surface area contributed by atoms with Crippen molar-refractivity contribution in [3.8, 4) is 22.6 Å². The van der Waals surface area contributed by atoms with Crippen molar-refractivity contribution in [1.82, 2.24) is 19.6 Å². The molecule has 3 heterocycles. The monoisotopic (exact) mass is 432 g/mol. The second kappa shape index (κ2) is 6.79. The van der Waals surface area contributed by atoms with E-state index < -0.39 is 28.8 Å². The number of aromatic amines is 1. The Morgan fingerprint density at radius 1 is 1.16 bits per heavy atom. The van der Waals surface area contributed by atoms with E-state index in [9.17, 15) is 22.4 Å². The highest BCUT2D eigenvalue weighted by molar-refractivity contribution is 5.81. The molecule has 6 nitrogen and oxygen atoms in total. The first kappa shape index (κ1) is 19.5. The second-order valence-electron chi connectivity index (χ2n) is 7.52. The smallest absolute Gasteiger partial charge is 0.435 e. The van der Waals surface area contributed by atoms with Crippen LogP contribution in [0.15, 0.2) is 33.5 Å². The maximum atomic E-state index is 13.8. The molecule has 0 fully saturated rings. The Morgan fingerprint density at radius 2 is 1.94 bits per heavy atom. The van der Waals surface area contributed by atoms with E-state index in [1.54, 1.807) is 6.92 Å². The fourth-order valence-corrected chi connectivity index (χ4v) is 4.01. The minimum absolute atomic E-state index is 0.0175. The standard InChI is InChI=1S/C21H16F4N4O2/c1-10-15(19-27-13-7-2-3-8-14(13)31-19)20(30)29-18(26-10)16(17(28-29)21(23,24)25)11-5-4-6-12(22)9-11/h4-6,9,26H,2-3,7-8H2,1H3. The summed E-state index contributed by atoms with van der Waals surface area (Å²) < 4.78 is 61.5. The molecule has 0 saturated carbocycles. The van der Waals surface area contributed by atoms with Gasteiger partial charge in [0.2, 0.25) is 5.89 Å². The highest BCUT2D eigenvalue weighted by Gasteiger charge is 2.39. The van der Waals surface area contributed by atoms with Gasteiger partial charge in [0.05, 0.1) is 11.3 Å². The molecule has 0 aliphatic heterocycles. The normalized spacial score (nSPS) is 14.2. The number of hydrogen-bond donors (Lipinski definition) is 1. The molecule has 3 aromatic heterocycles. The molecule has 0 spiro atoms. The van der Waals surface area contributed by atoms with Crippen molar-refractivity contribution >= 4 is 5.65 Å². The third-order valence-electron chi connectivity index (χ3n) is 5.41. The Morgan fingerprint density at radius 3 is 2.65 bits per heavy atom. The third-order valence-corrected chi connectivity index (χ3v) is 5.41. The summed E-state index contributed by atoms with van der Waals surface area (Å²) in [5.41, 5.74) is -1.64. The van der Waals surface area contributed by atoms with Gasteiger partial charge in [-0.1, -0.05) is 12.1 Å². The Hall–Kier alpha value is -3.43. The number of nitrogens with one attached hydrogen (secondary N) is 1. The van der Waals surface area contributed by atoms with E-state index >= 15 is 0 Å². The van der Waals surface area contributed by atoms with Gasteiger partial charge in [-0.25, -0.2) is 9.37 Å². The third kappa shape index (κ3) is 3.13. The van der Waals surface area contributed by atoms with Crippen molar-refractivity contribution in [3.63, 3.8) is 0 Å². The number of H-pyrrole nitrogens is 1. The predicted molar refractivity (Wildman–Crippen MR) is 103 cm³/mol. The number of aromatic nitrogens is 4. The minimum Gasteiger partial charge on any atom is -0.441 e. The van der Waals surface area contributed by atoms with Gasteiger partial charge in [0.15, 0.2) is 5.69 Å². The van der Waals surface area contributed by atoms with Crippen LogP contribution in [0.25, 0.3) is 28.2 Å². The molecular formula is C21H16F4N4O2. The van der Waals surface area contributed by atoms with E-state index in [0.717, 1.165) is 37.1 Å². The summed E-state index contributed by atoms with van der Waals surface area (Å²) in [4.78, 5) is 20.4. The number of alkyl halides is 3. The lowest BCUT2D eigenvalue weighted by atomic mass is 10.0. The van der Waals surface area contributed by atoms with Gasteiger partial charge < -0.3 is 9.40 Å². The number of hydrogen-bond acceptors (Lipinski definition) is 4. The zero-order valence-corrected chi connectivity index (χ0v) is 16.3. The molecule has 0 bridgehead atoms. The van der Waals surface area contributed by atoms with Gasteiger partial charge in [-0.15, -0.1) is 0 Å².